The Morgan fingerprint density at radius 2 is 2.16 bits per heavy atom. The highest BCUT2D eigenvalue weighted by Gasteiger charge is 2.50. The van der Waals surface area contributed by atoms with E-state index < -0.39 is 17.7 Å². The minimum Gasteiger partial charge on any atom is -0.508 e. The van der Waals surface area contributed by atoms with Crippen LogP contribution in [0.3, 0.4) is 0 Å². The first-order valence-corrected chi connectivity index (χ1v) is 8.30. The van der Waals surface area contributed by atoms with Crippen LogP contribution in [0, 0.1) is 0 Å². The minimum atomic E-state index is -1.02. The summed E-state index contributed by atoms with van der Waals surface area (Å²) in [5, 5.41) is 13.4. The first-order valence-electron chi connectivity index (χ1n) is 8.30. The Morgan fingerprint density at radius 1 is 1.44 bits per heavy atom. The van der Waals surface area contributed by atoms with Gasteiger partial charge in [0.1, 0.15) is 11.8 Å². The second-order valence-electron chi connectivity index (χ2n) is 7.11. The number of nitrogens with one attached hydrogen (secondary N) is 2. The molecule has 0 unspecified atom stereocenters. The molecule has 1 fully saturated rings. The lowest BCUT2D eigenvalue weighted by atomic mass is 10.0. The smallest absolute Gasteiger partial charge is 0.331 e. The zero-order valence-corrected chi connectivity index (χ0v) is 14.8. The quantitative estimate of drug-likeness (QED) is 0.745. The van der Waals surface area contributed by atoms with Gasteiger partial charge in [0.2, 0.25) is 0 Å². The van der Waals surface area contributed by atoms with Crippen molar-refractivity contribution in [2.24, 2.45) is 0 Å². The number of phenols is 1. The predicted molar refractivity (Wildman–Crippen MR) is 93.1 cm³/mol. The van der Waals surface area contributed by atoms with Crippen LogP contribution in [0.5, 0.6) is 5.75 Å². The zero-order chi connectivity index (χ0) is 18.4. The monoisotopic (exact) mass is 345 g/mol. The Labute approximate surface area is 146 Å². The van der Waals surface area contributed by atoms with Gasteiger partial charge in [0.15, 0.2) is 5.72 Å². The van der Waals surface area contributed by atoms with Gasteiger partial charge in [0, 0.05) is 29.6 Å². The summed E-state index contributed by atoms with van der Waals surface area (Å²) < 4.78 is 5.43. The number of esters is 1. The number of hydrogen-bond donors (Lipinski definition) is 3. The van der Waals surface area contributed by atoms with Crippen molar-refractivity contribution in [1.82, 2.24) is 15.2 Å². The maximum absolute atomic E-state index is 12.6. The van der Waals surface area contributed by atoms with Crippen molar-refractivity contribution in [2.75, 3.05) is 0 Å². The highest BCUT2D eigenvalue weighted by molar-refractivity contribution is 5.89. The number of phenolic OH excluding ortho intramolecular Hbond substituents is 1. The lowest BCUT2D eigenvalue weighted by Gasteiger charge is -2.32. The number of ether oxygens (including phenoxy) is 1. The molecule has 0 radical (unpaired) electrons. The lowest BCUT2D eigenvalue weighted by Crippen LogP contribution is -2.54. The number of cyclic esters (lactones) is 1. The number of nitrogens with zero attached hydrogens (tertiary/aromatic N) is 1. The number of carbonyl (C=O) groups is 2. The van der Waals surface area contributed by atoms with Crippen LogP contribution in [-0.2, 0) is 16.0 Å². The molecule has 1 aromatic carbocycles. The normalized spacial score (nSPS) is 19.5. The van der Waals surface area contributed by atoms with E-state index >= 15 is 0 Å². The van der Waals surface area contributed by atoms with Crippen molar-refractivity contribution in [3.05, 3.63) is 30.0 Å². The molecule has 7 nitrogen and oxygen atoms in total. The summed E-state index contributed by atoms with van der Waals surface area (Å²) in [5.41, 5.74) is 0.680. The molecule has 134 valence electrons. The Morgan fingerprint density at radius 3 is 2.84 bits per heavy atom. The molecule has 0 spiro atoms. The maximum atomic E-state index is 12.6. The number of carbonyl (C=O) groups excluding carboxylic acids is 2. The molecule has 1 aromatic heterocycles. The highest BCUT2D eigenvalue weighted by atomic mass is 16.6. The van der Waals surface area contributed by atoms with Crippen LogP contribution in [0.4, 0.5) is 4.79 Å². The number of fused-ring (bicyclic) bond motifs is 1. The first kappa shape index (κ1) is 17.1. The third-order valence-electron chi connectivity index (χ3n) is 4.31. The predicted octanol–water partition coefficient (Wildman–Crippen LogP) is 2.50. The fraction of sp³-hybridized carbons (Fsp3) is 0.444. The lowest BCUT2D eigenvalue weighted by molar-refractivity contribution is -0.148. The van der Waals surface area contributed by atoms with Crippen LogP contribution in [-0.4, -0.2) is 44.8 Å². The van der Waals surface area contributed by atoms with Crippen LogP contribution in [0.1, 0.15) is 33.3 Å². The average Bonchev–Trinajstić information content (AvgIpc) is 2.96. The van der Waals surface area contributed by atoms with Gasteiger partial charge in [-0.2, -0.15) is 0 Å². The molecule has 7 heteroatoms. The van der Waals surface area contributed by atoms with Gasteiger partial charge >= 0.3 is 12.0 Å². The molecule has 2 amide bonds. The molecular weight excluding hydrogens is 322 g/mol. The van der Waals surface area contributed by atoms with Gasteiger partial charge in [0.05, 0.1) is 0 Å². The van der Waals surface area contributed by atoms with E-state index in [1.54, 1.807) is 38.2 Å². The van der Waals surface area contributed by atoms with Gasteiger partial charge in [-0.25, -0.2) is 9.59 Å². The summed E-state index contributed by atoms with van der Waals surface area (Å²) >= 11 is 0. The Kier molecular flexibility index (Phi) is 4.10. The molecule has 0 bridgehead atoms. The molecule has 1 saturated heterocycles. The van der Waals surface area contributed by atoms with Crippen molar-refractivity contribution >= 4 is 22.9 Å². The van der Waals surface area contributed by atoms with E-state index in [2.05, 4.69) is 10.3 Å². The standard InChI is InChI=1S/C18H23N3O4/c1-10(2)20-17(24)21-15(16(23)25-18(21,3)4)7-11-9-19-14-6-5-12(22)8-13(11)14/h5-6,8-10,15,19,22H,7H2,1-4H3,(H,20,24)/t15-/m0/s1. The number of urea groups is 1. The van der Waals surface area contributed by atoms with Gasteiger partial charge in [-0.3, -0.25) is 4.90 Å². The summed E-state index contributed by atoms with van der Waals surface area (Å²) in [5.74, 6) is -0.282. The molecule has 3 rings (SSSR count). The number of aromatic nitrogens is 1. The molecule has 25 heavy (non-hydrogen) atoms. The second kappa shape index (κ2) is 5.98. The van der Waals surface area contributed by atoms with E-state index in [0.29, 0.717) is 6.42 Å². The van der Waals surface area contributed by atoms with E-state index in [1.807, 2.05) is 13.8 Å². The Balaban J connectivity index is 1.94. The van der Waals surface area contributed by atoms with E-state index in [0.717, 1.165) is 16.5 Å². The second-order valence-corrected chi connectivity index (χ2v) is 7.11. The summed E-state index contributed by atoms with van der Waals surface area (Å²) in [6, 6.07) is 3.90. The van der Waals surface area contributed by atoms with Crippen LogP contribution in [0.25, 0.3) is 10.9 Å². The molecule has 3 N–H and O–H groups in total. The van der Waals surface area contributed by atoms with Gasteiger partial charge in [-0.05, 0) is 51.5 Å². The SMILES string of the molecule is CC(C)NC(=O)N1[C@@H](Cc2c[nH]c3ccc(O)cc23)C(=O)OC1(C)C. The van der Waals surface area contributed by atoms with Crippen LogP contribution >= 0.6 is 0 Å². The number of benzene rings is 1. The molecular formula is C18H23N3O4. The van der Waals surface area contributed by atoms with E-state index in [-0.39, 0.29) is 17.8 Å². The van der Waals surface area contributed by atoms with Crippen molar-refractivity contribution in [1.29, 1.82) is 0 Å². The van der Waals surface area contributed by atoms with E-state index in [1.165, 1.54) is 4.90 Å². The summed E-state index contributed by atoms with van der Waals surface area (Å²) in [6.45, 7) is 7.12. The molecule has 0 aliphatic carbocycles. The first-order chi connectivity index (χ1) is 11.7. The van der Waals surface area contributed by atoms with Gasteiger partial charge < -0.3 is 20.1 Å². The van der Waals surface area contributed by atoms with Gasteiger partial charge in [-0.1, -0.05) is 0 Å². The van der Waals surface area contributed by atoms with Crippen molar-refractivity contribution in [3.63, 3.8) is 0 Å². The minimum absolute atomic E-state index is 0.0512. The molecule has 2 aromatic rings. The summed E-state index contributed by atoms with van der Waals surface area (Å²) in [7, 11) is 0. The fourth-order valence-corrected chi connectivity index (χ4v) is 3.26. The molecule has 2 heterocycles. The number of rotatable bonds is 3. The summed E-state index contributed by atoms with van der Waals surface area (Å²) in [6.07, 6.45) is 2.10. The van der Waals surface area contributed by atoms with Crippen molar-refractivity contribution in [3.8, 4) is 5.75 Å². The van der Waals surface area contributed by atoms with Crippen molar-refractivity contribution < 1.29 is 19.4 Å². The Hall–Kier alpha value is -2.70. The number of aromatic amines is 1. The third kappa shape index (κ3) is 3.14. The number of H-pyrrole nitrogens is 1. The molecule has 0 saturated carbocycles. The number of aromatic hydroxyl groups is 1. The highest BCUT2D eigenvalue weighted by Crippen LogP contribution is 2.32. The molecule has 1 aliphatic rings. The van der Waals surface area contributed by atoms with Gasteiger partial charge in [0.25, 0.3) is 0 Å². The van der Waals surface area contributed by atoms with E-state index in [4.69, 9.17) is 4.74 Å². The fourth-order valence-electron chi connectivity index (χ4n) is 3.26. The molecule has 1 atom stereocenters. The summed E-state index contributed by atoms with van der Waals surface area (Å²) in [4.78, 5) is 29.6. The zero-order valence-electron chi connectivity index (χ0n) is 14.8. The van der Waals surface area contributed by atoms with Crippen LogP contribution in [0.15, 0.2) is 24.4 Å². The Bertz CT molecular complexity index is 825. The number of hydrogen-bond acceptors (Lipinski definition) is 4. The average molecular weight is 345 g/mol. The number of amides is 2. The molecule has 1 aliphatic heterocycles. The van der Waals surface area contributed by atoms with Crippen LogP contribution in [0.2, 0.25) is 0 Å². The largest absolute Gasteiger partial charge is 0.508 e. The van der Waals surface area contributed by atoms with Crippen LogP contribution < -0.4 is 5.32 Å². The maximum Gasteiger partial charge on any atom is 0.331 e. The van der Waals surface area contributed by atoms with Crippen molar-refractivity contribution in [2.45, 2.75) is 51.9 Å². The van der Waals surface area contributed by atoms with Gasteiger partial charge in [-0.15, -0.1) is 0 Å². The topological polar surface area (TPSA) is 94.7 Å². The van der Waals surface area contributed by atoms with E-state index in [9.17, 15) is 14.7 Å². The third-order valence-corrected chi connectivity index (χ3v) is 4.31.